The molecule has 2 N–H and O–H groups in total. The molecular weight excluding hydrogens is 224 g/mol. The summed E-state index contributed by atoms with van der Waals surface area (Å²) in [6.45, 7) is 9.23. The molecule has 0 saturated heterocycles. The van der Waals surface area contributed by atoms with Crippen LogP contribution in [0.4, 0.5) is 0 Å². The number of nitrogens with zero attached hydrogens (tertiary/aromatic N) is 1. The second-order valence-corrected chi connectivity index (χ2v) is 4.56. The van der Waals surface area contributed by atoms with Crippen LogP contribution in [0, 0.1) is 0 Å². The molecule has 3 heteroatoms. The van der Waals surface area contributed by atoms with E-state index in [2.05, 4.69) is 24.1 Å². The van der Waals surface area contributed by atoms with Gasteiger partial charge >= 0.3 is 0 Å². The summed E-state index contributed by atoms with van der Waals surface area (Å²) in [5, 5.41) is 13.3. The molecule has 0 aliphatic carbocycles. The van der Waals surface area contributed by atoms with Crippen LogP contribution in [0.3, 0.4) is 0 Å². The van der Waals surface area contributed by atoms with Gasteiger partial charge in [0.05, 0.1) is 6.10 Å². The van der Waals surface area contributed by atoms with E-state index in [1.165, 1.54) is 6.42 Å². The first-order valence-corrected chi connectivity index (χ1v) is 6.94. The quantitative estimate of drug-likeness (QED) is 0.658. The summed E-state index contributed by atoms with van der Waals surface area (Å²) >= 11 is 0. The number of aliphatic hydroxyl groups excluding tert-OH is 1. The van der Waals surface area contributed by atoms with Crippen molar-refractivity contribution >= 4 is 0 Å². The third-order valence-electron chi connectivity index (χ3n) is 3.11. The Morgan fingerprint density at radius 1 is 1.17 bits per heavy atom. The van der Waals surface area contributed by atoms with Crippen LogP contribution in [0.15, 0.2) is 30.3 Å². The first-order valence-electron chi connectivity index (χ1n) is 6.94. The van der Waals surface area contributed by atoms with Crippen LogP contribution in [0.1, 0.15) is 31.9 Å². The second-order valence-electron chi connectivity index (χ2n) is 4.56. The molecule has 0 spiro atoms. The van der Waals surface area contributed by atoms with Gasteiger partial charge in [0.2, 0.25) is 0 Å². The monoisotopic (exact) mass is 250 g/mol. The van der Waals surface area contributed by atoms with E-state index in [9.17, 15) is 5.11 Å². The van der Waals surface area contributed by atoms with E-state index in [1.54, 1.807) is 0 Å². The van der Waals surface area contributed by atoms with Gasteiger partial charge in [-0.2, -0.15) is 0 Å². The maximum Gasteiger partial charge on any atom is 0.0914 e. The molecule has 1 rings (SSSR count). The lowest BCUT2D eigenvalue weighted by Crippen LogP contribution is -2.34. The fourth-order valence-electron chi connectivity index (χ4n) is 2.01. The molecule has 1 unspecified atom stereocenters. The van der Waals surface area contributed by atoms with Gasteiger partial charge in [-0.1, -0.05) is 44.2 Å². The van der Waals surface area contributed by atoms with E-state index in [0.29, 0.717) is 6.54 Å². The molecule has 3 nitrogen and oxygen atoms in total. The Hall–Kier alpha value is -0.900. The number of benzene rings is 1. The van der Waals surface area contributed by atoms with Crippen molar-refractivity contribution in [3.8, 4) is 0 Å². The second kappa shape index (κ2) is 9.09. The fourth-order valence-corrected chi connectivity index (χ4v) is 2.01. The van der Waals surface area contributed by atoms with Crippen molar-refractivity contribution in [2.24, 2.45) is 0 Å². The molecule has 1 aromatic carbocycles. The Balaban J connectivity index is 2.18. The Morgan fingerprint density at radius 2 is 1.89 bits per heavy atom. The number of likely N-dealkylation sites (N-methyl/N-ethyl adjacent to an activating group) is 1. The average molecular weight is 250 g/mol. The average Bonchev–Trinajstić information content (AvgIpc) is 2.43. The van der Waals surface area contributed by atoms with Crippen LogP contribution >= 0.6 is 0 Å². The molecule has 1 aromatic rings. The molecule has 0 aromatic heterocycles. The zero-order chi connectivity index (χ0) is 13.2. The van der Waals surface area contributed by atoms with Gasteiger partial charge in [0, 0.05) is 19.6 Å². The molecule has 0 aliphatic heterocycles. The highest BCUT2D eigenvalue weighted by Gasteiger charge is 2.06. The van der Waals surface area contributed by atoms with Gasteiger partial charge in [-0.25, -0.2) is 0 Å². The summed E-state index contributed by atoms with van der Waals surface area (Å²) in [5.41, 5.74) is 0.978. The van der Waals surface area contributed by atoms with E-state index in [1.807, 2.05) is 30.3 Å². The van der Waals surface area contributed by atoms with Crippen LogP contribution in [0.5, 0.6) is 0 Å². The maximum atomic E-state index is 9.97. The maximum absolute atomic E-state index is 9.97. The van der Waals surface area contributed by atoms with Gasteiger partial charge in [-0.05, 0) is 25.1 Å². The smallest absolute Gasteiger partial charge is 0.0914 e. The predicted molar refractivity (Wildman–Crippen MR) is 76.7 cm³/mol. The topological polar surface area (TPSA) is 35.5 Å². The highest BCUT2D eigenvalue weighted by Crippen LogP contribution is 2.10. The number of hydrogen-bond acceptors (Lipinski definition) is 3. The Labute approximate surface area is 111 Å². The Kier molecular flexibility index (Phi) is 7.65. The summed E-state index contributed by atoms with van der Waals surface area (Å²) in [6, 6.07) is 9.80. The molecule has 0 heterocycles. The van der Waals surface area contributed by atoms with Crippen LogP contribution in [0.25, 0.3) is 0 Å². The first-order chi connectivity index (χ1) is 8.77. The van der Waals surface area contributed by atoms with E-state index in [4.69, 9.17) is 0 Å². The molecule has 0 amide bonds. The number of aliphatic hydroxyl groups is 1. The van der Waals surface area contributed by atoms with Crippen molar-refractivity contribution in [2.75, 3.05) is 32.7 Å². The van der Waals surface area contributed by atoms with Gasteiger partial charge in [0.15, 0.2) is 0 Å². The third-order valence-corrected chi connectivity index (χ3v) is 3.11. The largest absolute Gasteiger partial charge is 0.387 e. The number of nitrogens with one attached hydrogen (secondary N) is 1. The molecular formula is C15H26N2O. The van der Waals surface area contributed by atoms with E-state index in [-0.39, 0.29) is 0 Å². The number of hydrogen-bond donors (Lipinski definition) is 2. The molecule has 0 bridgehead atoms. The Bertz CT molecular complexity index is 303. The van der Waals surface area contributed by atoms with Crippen LogP contribution in [-0.2, 0) is 0 Å². The van der Waals surface area contributed by atoms with Crippen molar-refractivity contribution in [3.63, 3.8) is 0 Å². The molecule has 0 radical (unpaired) electrons. The summed E-state index contributed by atoms with van der Waals surface area (Å²) in [6.07, 6.45) is 0.785. The first kappa shape index (κ1) is 15.2. The Morgan fingerprint density at radius 3 is 2.50 bits per heavy atom. The molecule has 102 valence electrons. The van der Waals surface area contributed by atoms with Gasteiger partial charge < -0.3 is 15.3 Å². The molecule has 1 atom stereocenters. The molecule has 0 fully saturated rings. The van der Waals surface area contributed by atoms with Gasteiger partial charge in [-0.3, -0.25) is 0 Å². The normalized spacial score (nSPS) is 12.9. The minimum absolute atomic E-state index is 0.410. The van der Waals surface area contributed by atoms with E-state index < -0.39 is 6.10 Å². The summed E-state index contributed by atoms with van der Waals surface area (Å²) in [7, 11) is 0. The third kappa shape index (κ3) is 5.63. The standard InChI is InChI=1S/C15H26N2O/c1-3-11-17(4-2)12-10-16-13-15(18)14-8-6-5-7-9-14/h5-9,15-16,18H,3-4,10-13H2,1-2H3. The zero-order valence-corrected chi connectivity index (χ0v) is 11.6. The lowest BCUT2D eigenvalue weighted by Gasteiger charge is -2.20. The van der Waals surface area contributed by atoms with E-state index >= 15 is 0 Å². The van der Waals surface area contributed by atoms with Crippen LogP contribution in [-0.4, -0.2) is 42.7 Å². The van der Waals surface area contributed by atoms with Crippen molar-refractivity contribution in [1.29, 1.82) is 0 Å². The lowest BCUT2D eigenvalue weighted by atomic mass is 10.1. The van der Waals surface area contributed by atoms with Crippen LogP contribution in [0.2, 0.25) is 0 Å². The minimum atomic E-state index is -0.410. The van der Waals surface area contributed by atoms with Crippen molar-refractivity contribution in [3.05, 3.63) is 35.9 Å². The van der Waals surface area contributed by atoms with Gasteiger partial charge in [0.1, 0.15) is 0 Å². The molecule has 0 saturated carbocycles. The van der Waals surface area contributed by atoms with Crippen molar-refractivity contribution in [1.82, 2.24) is 10.2 Å². The van der Waals surface area contributed by atoms with Crippen molar-refractivity contribution in [2.45, 2.75) is 26.4 Å². The highest BCUT2D eigenvalue weighted by atomic mass is 16.3. The van der Waals surface area contributed by atoms with Crippen LogP contribution < -0.4 is 5.32 Å². The minimum Gasteiger partial charge on any atom is -0.387 e. The zero-order valence-electron chi connectivity index (χ0n) is 11.6. The number of rotatable bonds is 9. The van der Waals surface area contributed by atoms with E-state index in [0.717, 1.165) is 31.7 Å². The fraction of sp³-hybridized carbons (Fsp3) is 0.600. The summed E-state index contributed by atoms with van der Waals surface area (Å²) in [4.78, 5) is 2.42. The molecule has 0 aliphatic rings. The van der Waals surface area contributed by atoms with Gasteiger partial charge in [-0.15, -0.1) is 0 Å². The molecule has 18 heavy (non-hydrogen) atoms. The SMILES string of the molecule is CCCN(CC)CCNCC(O)c1ccccc1. The summed E-state index contributed by atoms with van der Waals surface area (Å²) < 4.78 is 0. The highest BCUT2D eigenvalue weighted by molar-refractivity contribution is 5.17. The van der Waals surface area contributed by atoms with Gasteiger partial charge in [0.25, 0.3) is 0 Å². The lowest BCUT2D eigenvalue weighted by molar-refractivity contribution is 0.172. The van der Waals surface area contributed by atoms with Crippen molar-refractivity contribution < 1.29 is 5.11 Å². The predicted octanol–water partition coefficient (Wildman–Crippen LogP) is 2.04. The summed E-state index contributed by atoms with van der Waals surface area (Å²) in [5.74, 6) is 0.